The molecule has 0 atom stereocenters. The molecule has 0 saturated heterocycles. The first-order chi connectivity index (χ1) is 6.77. The van der Waals surface area contributed by atoms with Crippen LogP contribution in [0.25, 0.3) is 12.2 Å². The largest absolute Gasteiger partial charge is 0.0984 e. The fourth-order valence-corrected chi connectivity index (χ4v) is 2.32. The van der Waals surface area contributed by atoms with Crippen LogP contribution in [0.15, 0.2) is 29.8 Å². The Morgan fingerprint density at radius 1 is 1.14 bits per heavy atom. The molecular formula is C13H13Br. The van der Waals surface area contributed by atoms with E-state index in [4.69, 9.17) is 0 Å². The first-order valence-corrected chi connectivity index (χ1v) is 5.64. The molecule has 1 heteroatoms. The first kappa shape index (κ1) is 9.72. The molecule has 0 bridgehead atoms. The summed E-state index contributed by atoms with van der Waals surface area (Å²) < 4.78 is 1.10. The standard InChI is InChI=1S/C13H13Br/c1-3-10-11(4-2)13(14)8-7-12(10)9-5-6-9/h3-4,7-9H,1-2,5-6H2. The predicted octanol–water partition coefficient (Wildman–Crippen LogP) is 4.61. The second kappa shape index (κ2) is 3.74. The summed E-state index contributed by atoms with van der Waals surface area (Å²) in [5, 5.41) is 0. The van der Waals surface area contributed by atoms with Crippen molar-refractivity contribution in [3.05, 3.63) is 46.5 Å². The number of benzene rings is 1. The van der Waals surface area contributed by atoms with E-state index in [-0.39, 0.29) is 0 Å². The third kappa shape index (κ3) is 1.57. The Balaban J connectivity index is 2.60. The van der Waals surface area contributed by atoms with E-state index in [0.29, 0.717) is 0 Å². The van der Waals surface area contributed by atoms with E-state index in [9.17, 15) is 0 Å². The third-order valence-corrected chi connectivity index (χ3v) is 3.38. The van der Waals surface area contributed by atoms with Crippen LogP contribution in [0, 0.1) is 0 Å². The zero-order chi connectivity index (χ0) is 10.1. The van der Waals surface area contributed by atoms with Gasteiger partial charge in [-0.3, -0.25) is 0 Å². The molecule has 1 aromatic rings. The molecule has 2 rings (SSSR count). The van der Waals surface area contributed by atoms with Crippen LogP contribution in [0.5, 0.6) is 0 Å². The van der Waals surface area contributed by atoms with E-state index in [1.54, 1.807) is 0 Å². The van der Waals surface area contributed by atoms with E-state index in [2.05, 4.69) is 41.2 Å². The normalized spacial score (nSPS) is 15.2. The minimum atomic E-state index is 0.759. The summed E-state index contributed by atoms with van der Waals surface area (Å²) >= 11 is 3.53. The number of hydrogen-bond acceptors (Lipinski definition) is 0. The van der Waals surface area contributed by atoms with E-state index in [0.717, 1.165) is 10.4 Å². The summed E-state index contributed by atoms with van der Waals surface area (Å²) in [6.45, 7) is 7.73. The molecule has 14 heavy (non-hydrogen) atoms. The molecule has 0 N–H and O–H groups in total. The zero-order valence-corrected chi connectivity index (χ0v) is 9.68. The minimum Gasteiger partial charge on any atom is -0.0984 e. The number of halogens is 1. The molecule has 0 amide bonds. The highest BCUT2D eigenvalue weighted by Gasteiger charge is 2.26. The maximum Gasteiger partial charge on any atom is 0.0253 e. The van der Waals surface area contributed by atoms with Crippen LogP contribution in [-0.2, 0) is 0 Å². The molecule has 0 nitrogen and oxygen atoms in total. The molecule has 0 radical (unpaired) electrons. The molecule has 1 saturated carbocycles. The lowest BCUT2D eigenvalue weighted by Gasteiger charge is -2.10. The van der Waals surface area contributed by atoms with E-state index >= 15 is 0 Å². The van der Waals surface area contributed by atoms with Gasteiger partial charge in [-0.05, 0) is 41.5 Å². The molecule has 0 aliphatic heterocycles. The van der Waals surface area contributed by atoms with Crippen molar-refractivity contribution in [3.8, 4) is 0 Å². The summed E-state index contributed by atoms with van der Waals surface area (Å²) in [5.74, 6) is 0.759. The van der Waals surface area contributed by atoms with Gasteiger partial charge in [-0.25, -0.2) is 0 Å². The molecule has 1 aromatic carbocycles. The van der Waals surface area contributed by atoms with Crippen molar-refractivity contribution in [2.75, 3.05) is 0 Å². The van der Waals surface area contributed by atoms with Crippen molar-refractivity contribution in [2.45, 2.75) is 18.8 Å². The molecule has 1 fully saturated rings. The Kier molecular flexibility index (Phi) is 2.60. The van der Waals surface area contributed by atoms with Gasteiger partial charge in [0.2, 0.25) is 0 Å². The van der Waals surface area contributed by atoms with Crippen LogP contribution in [0.4, 0.5) is 0 Å². The van der Waals surface area contributed by atoms with E-state index in [1.807, 2.05) is 12.2 Å². The lowest BCUT2D eigenvalue weighted by Crippen LogP contribution is -1.90. The van der Waals surface area contributed by atoms with Gasteiger partial charge >= 0.3 is 0 Å². The van der Waals surface area contributed by atoms with Crippen LogP contribution >= 0.6 is 15.9 Å². The van der Waals surface area contributed by atoms with Crippen molar-refractivity contribution in [2.24, 2.45) is 0 Å². The van der Waals surface area contributed by atoms with Crippen LogP contribution in [0.2, 0.25) is 0 Å². The van der Waals surface area contributed by atoms with Crippen LogP contribution in [0.3, 0.4) is 0 Å². The Morgan fingerprint density at radius 2 is 1.79 bits per heavy atom. The number of hydrogen-bond donors (Lipinski definition) is 0. The van der Waals surface area contributed by atoms with Crippen molar-refractivity contribution in [1.29, 1.82) is 0 Å². The molecule has 0 aromatic heterocycles. The van der Waals surface area contributed by atoms with Gasteiger partial charge in [0.15, 0.2) is 0 Å². The maximum absolute atomic E-state index is 3.88. The van der Waals surface area contributed by atoms with E-state index < -0.39 is 0 Å². The fourth-order valence-electron chi connectivity index (χ4n) is 1.81. The number of rotatable bonds is 3. The van der Waals surface area contributed by atoms with Gasteiger partial charge in [-0.2, -0.15) is 0 Å². The average Bonchev–Trinajstić information content (AvgIpc) is 3.00. The molecular weight excluding hydrogens is 236 g/mol. The average molecular weight is 249 g/mol. The second-order valence-corrected chi connectivity index (χ2v) is 4.50. The van der Waals surface area contributed by atoms with Crippen molar-refractivity contribution in [1.82, 2.24) is 0 Å². The smallest absolute Gasteiger partial charge is 0.0253 e. The summed E-state index contributed by atoms with van der Waals surface area (Å²) in [7, 11) is 0. The van der Waals surface area contributed by atoms with Gasteiger partial charge in [-0.15, -0.1) is 0 Å². The van der Waals surface area contributed by atoms with Gasteiger partial charge in [0, 0.05) is 4.47 Å². The SMILES string of the molecule is C=Cc1c(Br)ccc(C2CC2)c1C=C. The second-order valence-electron chi connectivity index (χ2n) is 3.65. The Hall–Kier alpha value is -0.820. The Morgan fingerprint density at radius 3 is 2.29 bits per heavy atom. The molecule has 72 valence electrons. The summed E-state index contributed by atoms with van der Waals surface area (Å²) in [6.07, 6.45) is 6.47. The lowest BCUT2D eigenvalue weighted by atomic mass is 9.98. The van der Waals surface area contributed by atoms with Crippen LogP contribution in [0.1, 0.15) is 35.4 Å². The zero-order valence-electron chi connectivity index (χ0n) is 8.09. The first-order valence-electron chi connectivity index (χ1n) is 4.85. The van der Waals surface area contributed by atoms with Crippen molar-refractivity contribution >= 4 is 28.1 Å². The summed E-state index contributed by atoms with van der Waals surface area (Å²) in [6, 6.07) is 4.31. The molecule has 0 unspecified atom stereocenters. The summed E-state index contributed by atoms with van der Waals surface area (Å²) in [4.78, 5) is 0. The highest BCUT2D eigenvalue weighted by Crippen LogP contribution is 2.43. The Labute approximate surface area is 93.5 Å². The van der Waals surface area contributed by atoms with Crippen LogP contribution < -0.4 is 0 Å². The molecule has 0 heterocycles. The van der Waals surface area contributed by atoms with Gasteiger partial charge in [0.05, 0.1) is 0 Å². The topological polar surface area (TPSA) is 0 Å². The van der Waals surface area contributed by atoms with E-state index in [1.165, 1.54) is 29.5 Å². The lowest BCUT2D eigenvalue weighted by molar-refractivity contribution is 1.12. The van der Waals surface area contributed by atoms with Gasteiger partial charge < -0.3 is 0 Å². The Bertz CT molecular complexity index is 386. The summed E-state index contributed by atoms with van der Waals surface area (Å²) in [5.41, 5.74) is 3.85. The quantitative estimate of drug-likeness (QED) is 0.733. The molecule has 0 spiro atoms. The van der Waals surface area contributed by atoms with Gasteiger partial charge in [-0.1, -0.05) is 47.3 Å². The highest BCUT2D eigenvalue weighted by atomic mass is 79.9. The third-order valence-electron chi connectivity index (χ3n) is 2.69. The van der Waals surface area contributed by atoms with Gasteiger partial charge in [0.25, 0.3) is 0 Å². The van der Waals surface area contributed by atoms with Crippen LogP contribution in [-0.4, -0.2) is 0 Å². The van der Waals surface area contributed by atoms with Crippen molar-refractivity contribution in [3.63, 3.8) is 0 Å². The minimum absolute atomic E-state index is 0.759. The fraction of sp³-hybridized carbons (Fsp3) is 0.231. The maximum atomic E-state index is 3.88. The predicted molar refractivity (Wildman–Crippen MR) is 66.3 cm³/mol. The van der Waals surface area contributed by atoms with Crippen molar-refractivity contribution < 1.29 is 0 Å². The van der Waals surface area contributed by atoms with Gasteiger partial charge in [0.1, 0.15) is 0 Å². The molecule has 1 aliphatic carbocycles. The molecule has 1 aliphatic rings. The monoisotopic (exact) mass is 248 g/mol. The highest BCUT2D eigenvalue weighted by molar-refractivity contribution is 9.10.